The second-order valence-corrected chi connectivity index (χ2v) is 5.93. The van der Waals surface area contributed by atoms with E-state index in [1.807, 2.05) is 0 Å². The fourth-order valence-corrected chi connectivity index (χ4v) is 2.79. The van der Waals surface area contributed by atoms with Crippen LogP contribution in [0.3, 0.4) is 0 Å². The lowest BCUT2D eigenvalue weighted by molar-refractivity contribution is -0.0128. The Morgan fingerprint density at radius 2 is 1.94 bits per heavy atom. The van der Waals surface area contributed by atoms with Gasteiger partial charge in [0.05, 0.1) is 16.6 Å². The molecule has 0 bridgehead atoms. The van der Waals surface area contributed by atoms with Gasteiger partial charge in [0.25, 0.3) is 0 Å². The molecule has 0 saturated heterocycles. The third-order valence-corrected chi connectivity index (χ3v) is 3.72. The quantitative estimate of drug-likeness (QED) is 0.919. The van der Waals surface area contributed by atoms with Crippen LogP contribution in [0.2, 0.25) is 0 Å². The van der Waals surface area contributed by atoms with Crippen molar-refractivity contribution in [3.63, 3.8) is 0 Å². The Bertz CT molecular complexity index is 509. The summed E-state index contributed by atoms with van der Waals surface area (Å²) in [5, 5.41) is 0.336. The van der Waals surface area contributed by atoms with Gasteiger partial charge >= 0.3 is 0 Å². The van der Waals surface area contributed by atoms with Crippen LogP contribution < -0.4 is 5.48 Å². The third-order valence-electron chi connectivity index (χ3n) is 2.48. The molecule has 98 valence electrons. The zero-order valence-electron chi connectivity index (χ0n) is 10.00. The van der Waals surface area contributed by atoms with Gasteiger partial charge in [0.15, 0.2) is 0 Å². The fraction of sp³-hybridized carbons (Fsp3) is 0.333. The summed E-state index contributed by atoms with van der Waals surface area (Å²) in [6.07, 6.45) is 1.64. The summed E-state index contributed by atoms with van der Waals surface area (Å²) in [7, 11) is -1.57. The first-order valence-electron chi connectivity index (χ1n) is 5.37. The monoisotopic (exact) mass is 273 g/mol. The average molecular weight is 273 g/mol. The number of hydrogen-bond acceptors (Lipinski definition) is 3. The Balaban J connectivity index is 2.18. The fourth-order valence-electron chi connectivity index (χ4n) is 1.55. The van der Waals surface area contributed by atoms with Crippen molar-refractivity contribution in [3.05, 3.63) is 46.5 Å². The van der Waals surface area contributed by atoms with Crippen LogP contribution in [-0.2, 0) is 21.4 Å². The minimum absolute atomic E-state index is 0.178. The van der Waals surface area contributed by atoms with E-state index in [2.05, 4.69) is 5.48 Å². The van der Waals surface area contributed by atoms with Gasteiger partial charge in [-0.1, -0.05) is 6.07 Å². The summed E-state index contributed by atoms with van der Waals surface area (Å²) in [4.78, 5) is 5.15. The number of benzene rings is 1. The summed E-state index contributed by atoms with van der Waals surface area (Å²) in [5.41, 5.74) is 1.77. The topological polar surface area (TPSA) is 38.3 Å². The average Bonchev–Trinajstić information content (AvgIpc) is 2.64. The van der Waals surface area contributed by atoms with Crippen molar-refractivity contribution in [2.45, 2.75) is 25.2 Å². The van der Waals surface area contributed by atoms with E-state index in [1.54, 1.807) is 19.9 Å². The smallest absolute Gasteiger partial charge is 0.130 e. The summed E-state index contributed by atoms with van der Waals surface area (Å²) < 4.78 is 38.8. The Kier molecular flexibility index (Phi) is 3.49. The molecule has 1 N–H and O–H groups in total. The van der Waals surface area contributed by atoms with Crippen LogP contribution in [-0.4, -0.2) is 9.81 Å². The van der Waals surface area contributed by atoms with Crippen LogP contribution >= 0.6 is 0 Å². The lowest BCUT2D eigenvalue weighted by Gasteiger charge is -2.11. The molecule has 0 fully saturated rings. The van der Waals surface area contributed by atoms with Gasteiger partial charge in [0.1, 0.15) is 22.3 Å². The largest absolute Gasteiger partial charge is 0.265 e. The molecule has 1 atom stereocenters. The second-order valence-electron chi connectivity index (χ2n) is 4.51. The van der Waals surface area contributed by atoms with Crippen molar-refractivity contribution in [1.82, 2.24) is 5.48 Å². The first-order valence-corrected chi connectivity index (χ1v) is 6.69. The summed E-state index contributed by atoms with van der Waals surface area (Å²) in [5.74, 6) is -1.61. The highest BCUT2D eigenvalue weighted by Gasteiger charge is 2.27. The van der Waals surface area contributed by atoms with Crippen LogP contribution in [0.5, 0.6) is 0 Å². The van der Waals surface area contributed by atoms with Gasteiger partial charge in [-0.05, 0) is 32.1 Å². The third kappa shape index (κ3) is 2.76. The molecule has 6 heteroatoms. The zero-order valence-corrected chi connectivity index (χ0v) is 10.8. The van der Waals surface area contributed by atoms with E-state index in [-0.39, 0.29) is 11.3 Å². The molecule has 18 heavy (non-hydrogen) atoms. The second kappa shape index (κ2) is 4.78. The van der Waals surface area contributed by atoms with E-state index in [9.17, 15) is 13.0 Å². The molecule has 1 heterocycles. The van der Waals surface area contributed by atoms with Crippen molar-refractivity contribution >= 4 is 10.8 Å². The van der Waals surface area contributed by atoms with Crippen LogP contribution in [0.15, 0.2) is 29.3 Å². The van der Waals surface area contributed by atoms with Crippen molar-refractivity contribution in [3.8, 4) is 0 Å². The van der Waals surface area contributed by atoms with Crippen LogP contribution in [0.25, 0.3) is 0 Å². The van der Waals surface area contributed by atoms with E-state index in [1.165, 1.54) is 6.07 Å². The molecule has 0 radical (unpaired) electrons. The minimum atomic E-state index is -1.57. The first kappa shape index (κ1) is 13.2. The van der Waals surface area contributed by atoms with Crippen molar-refractivity contribution in [2.24, 2.45) is 0 Å². The number of hydroxylamine groups is 1. The maximum absolute atomic E-state index is 13.4. The van der Waals surface area contributed by atoms with Gasteiger partial charge in [0, 0.05) is 5.56 Å². The molecule has 2 rings (SSSR count). The SMILES string of the molecule is CC1(C)C=C([S@@](=O)Cc2c(F)cccc2F)NO1. The highest BCUT2D eigenvalue weighted by molar-refractivity contribution is 7.88. The van der Waals surface area contributed by atoms with Gasteiger partial charge < -0.3 is 0 Å². The lowest BCUT2D eigenvalue weighted by atomic mass is 10.1. The molecule has 1 aliphatic rings. The van der Waals surface area contributed by atoms with Gasteiger partial charge in [-0.2, -0.15) is 0 Å². The van der Waals surface area contributed by atoms with Gasteiger partial charge in [-0.3, -0.25) is 14.5 Å². The van der Waals surface area contributed by atoms with E-state index in [0.29, 0.717) is 5.03 Å². The zero-order chi connectivity index (χ0) is 13.3. The number of rotatable bonds is 3. The maximum atomic E-state index is 13.4. The van der Waals surface area contributed by atoms with Gasteiger partial charge in [-0.25, -0.2) is 8.78 Å². The molecule has 0 unspecified atom stereocenters. The minimum Gasteiger partial charge on any atom is -0.265 e. The number of hydrogen-bond donors (Lipinski definition) is 1. The van der Waals surface area contributed by atoms with E-state index in [4.69, 9.17) is 4.84 Å². The molecule has 1 aliphatic heterocycles. The van der Waals surface area contributed by atoms with Crippen molar-refractivity contribution in [2.75, 3.05) is 0 Å². The molecule has 0 aliphatic carbocycles. The number of nitrogens with one attached hydrogen (secondary N) is 1. The molecule has 0 spiro atoms. The van der Waals surface area contributed by atoms with E-state index < -0.39 is 28.0 Å². The summed E-state index contributed by atoms with van der Waals surface area (Å²) in [6.45, 7) is 3.57. The summed E-state index contributed by atoms with van der Waals surface area (Å²) in [6, 6.07) is 3.56. The Hall–Kier alpha value is -1.27. The molecule has 0 aromatic heterocycles. The lowest BCUT2D eigenvalue weighted by Crippen LogP contribution is -2.21. The van der Waals surface area contributed by atoms with E-state index >= 15 is 0 Å². The Morgan fingerprint density at radius 1 is 1.33 bits per heavy atom. The highest BCUT2D eigenvalue weighted by atomic mass is 32.2. The maximum Gasteiger partial charge on any atom is 0.130 e. The van der Waals surface area contributed by atoms with Crippen LogP contribution in [0.1, 0.15) is 19.4 Å². The van der Waals surface area contributed by atoms with Crippen LogP contribution in [0.4, 0.5) is 8.78 Å². The predicted octanol–water partition coefficient (Wildman–Crippen LogP) is 2.37. The molecule has 3 nitrogen and oxygen atoms in total. The molecule has 1 aromatic rings. The molecular weight excluding hydrogens is 260 g/mol. The standard InChI is InChI=1S/C12H13F2NO2S/c1-12(2)6-11(15-17-12)18(16)7-8-9(13)4-3-5-10(8)14/h3-6,15H,7H2,1-2H3/t18-/m0/s1. The first-order chi connectivity index (χ1) is 8.39. The Labute approximate surface area is 106 Å². The predicted molar refractivity (Wildman–Crippen MR) is 64.6 cm³/mol. The molecular formula is C12H13F2NO2S. The van der Waals surface area contributed by atoms with Crippen LogP contribution in [0, 0.1) is 11.6 Å². The molecule has 0 saturated carbocycles. The number of halogens is 2. The normalized spacial score (nSPS) is 19.2. The van der Waals surface area contributed by atoms with Gasteiger partial charge in [-0.15, -0.1) is 0 Å². The van der Waals surface area contributed by atoms with Crippen molar-refractivity contribution in [1.29, 1.82) is 0 Å². The summed E-state index contributed by atoms with van der Waals surface area (Å²) >= 11 is 0. The molecule has 0 amide bonds. The Morgan fingerprint density at radius 3 is 2.44 bits per heavy atom. The highest BCUT2D eigenvalue weighted by Crippen LogP contribution is 2.23. The van der Waals surface area contributed by atoms with Gasteiger partial charge in [0.2, 0.25) is 0 Å². The van der Waals surface area contributed by atoms with Crippen molar-refractivity contribution < 1.29 is 17.8 Å². The molecule has 1 aromatic carbocycles. The van der Waals surface area contributed by atoms with E-state index in [0.717, 1.165) is 12.1 Å².